The van der Waals surface area contributed by atoms with Crippen LogP contribution in [-0.2, 0) is 0 Å². The number of fused-ring (bicyclic) bond motifs is 1. The zero-order valence-electron chi connectivity index (χ0n) is 17.3. The van der Waals surface area contributed by atoms with Crippen molar-refractivity contribution in [2.45, 2.75) is 13.0 Å². The summed E-state index contributed by atoms with van der Waals surface area (Å²) in [4.78, 5) is 28.9. The molecule has 8 heteroatoms. The van der Waals surface area contributed by atoms with E-state index in [1.807, 2.05) is 0 Å². The Bertz CT molecular complexity index is 1410. The van der Waals surface area contributed by atoms with E-state index in [0.717, 1.165) is 6.07 Å². The number of pyridine rings is 1. The molecular formula is C25H17ClF2N2O3. The number of aromatic nitrogens is 1. The summed E-state index contributed by atoms with van der Waals surface area (Å²) >= 11 is 6.28. The Morgan fingerprint density at radius 2 is 1.70 bits per heavy atom. The first-order valence-electron chi connectivity index (χ1n) is 9.94. The summed E-state index contributed by atoms with van der Waals surface area (Å²) in [5.41, 5.74) is 0.673. The van der Waals surface area contributed by atoms with E-state index in [1.165, 1.54) is 30.3 Å². The van der Waals surface area contributed by atoms with Gasteiger partial charge in [0.15, 0.2) is 11.6 Å². The van der Waals surface area contributed by atoms with E-state index in [2.05, 4.69) is 10.3 Å². The van der Waals surface area contributed by atoms with Gasteiger partial charge in [0.2, 0.25) is 0 Å². The normalized spacial score (nSPS) is 11.9. The Morgan fingerprint density at radius 1 is 1.00 bits per heavy atom. The standard InChI is InChI=1S/C25H17ClF2N2O3/c1-13(29-24(31)15-7-2-3-8-16(15)25(32)33)18-12-14-6-4-10-19(26)22(14)30-23(18)17-9-5-11-20(27)21(17)28/h2-13H,1H3,(H,29,31)(H,32,33). The van der Waals surface area contributed by atoms with Gasteiger partial charge >= 0.3 is 5.97 Å². The lowest BCUT2D eigenvalue weighted by atomic mass is 9.97. The summed E-state index contributed by atoms with van der Waals surface area (Å²) in [5.74, 6) is -3.98. The molecule has 2 N–H and O–H groups in total. The van der Waals surface area contributed by atoms with Crippen LogP contribution in [-0.4, -0.2) is 22.0 Å². The van der Waals surface area contributed by atoms with Gasteiger partial charge in [0.1, 0.15) is 0 Å². The van der Waals surface area contributed by atoms with Gasteiger partial charge in [0.05, 0.1) is 33.4 Å². The van der Waals surface area contributed by atoms with Crippen molar-refractivity contribution in [3.63, 3.8) is 0 Å². The first-order valence-corrected chi connectivity index (χ1v) is 10.3. The molecule has 0 aliphatic heterocycles. The molecule has 0 fully saturated rings. The lowest BCUT2D eigenvalue weighted by Gasteiger charge is -2.20. The van der Waals surface area contributed by atoms with Crippen LogP contribution < -0.4 is 5.32 Å². The van der Waals surface area contributed by atoms with Gasteiger partial charge in [-0.05, 0) is 43.3 Å². The van der Waals surface area contributed by atoms with Crippen molar-refractivity contribution in [2.24, 2.45) is 0 Å². The zero-order chi connectivity index (χ0) is 23.7. The topological polar surface area (TPSA) is 79.3 Å². The number of rotatable bonds is 5. The molecule has 0 bridgehead atoms. The molecule has 166 valence electrons. The van der Waals surface area contributed by atoms with Crippen molar-refractivity contribution in [3.8, 4) is 11.3 Å². The molecule has 1 unspecified atom stereocenters. The van der Waals surface area contributed by atoms with E-state index in [1.54, 1.807) is 37.3 Å². The summed E-state index contributed by atoms with van der Waals surface area (Å²) < 4.78 is 28.7. The molecule has 1 aromatic heterocycles. The number of halogens is 3. The molecule has 0 spiro atoms. The number of carboxylic acids is 1. The van der Waals surface area contributed by atoms with Gasteiger partial charge in [-0.1, -0.05) is 41.9 Å². The van der Waals surface area contributed by atoms with E-state index < -0.39 is 29.6 Å². The van der Waals surface area contributed by atoms with Crippen molar-refractivity contribution >= 4 is 34.4 Å². The Hall–Kier alpha value is -3.84. The number of carbonyl (C=O) groups is 2. The second kappa shape index (κ2) is 8.96. The summed E-state index contributed by atoms with van der Waals surface area (Å²) in [7, 11) is 0. The number of hydrogen-bond donors (Lipinski definition) is 2. The van der Waals surface area contributed by atoms with Crippen molar-refractivity contribution in [1.29, 1.82) is 0 Å². The zero-order valence-corrected chi connectivity index (χ0v) is 18.0. The van der Waals surface area contributed by atoms with Crippen molar-refractivity contribution in [1.82, 2.24) is 10.3 Å². The van der Waals surface area contributed by atoms with E-state index in [0.29, 0.717) is 21.5 Å². The number of nitrogens with zero attached hydrogens (tertiary/aromatic N) is 1. The average molecular weight is 467 g/mol. The first-order chi connectivity index (χ1) is 15.8. The van der Waals surface area contributed by atoms with Crippen LogP contribution in [0.2, 0.25) is 5.02 Å². The highest BCUT2D eigenvalue weighted by Gasteiger charge is 2.23. The SMILES string of the molecule is CC(NC(=O)c1ccccc1C(=O)O)c1cc2cccc(Cl)c2nc1-c1cccc(F)c1F. The van der Waals surface area contributed by atoms with Gasteiger partial charge in [-0.2, -0.15) is 0 Å². The Labute approximate surface area is 192 Å². The molecule has 1 heterocycles. The van der Waals surface area contributed by atoms with Crippen molar-refractivity contribution in [3.05, 3.63) is 100 Å². The smallest absolute Gasteiger partial charge is 0.336 e. The van der Waals surface area contributed by atoms with Gasteiger partial charge in [-0.25, -0.2) is 18.6 Å². The number of hydrogen-bond acceptors (Lipinski definition) is 3. The largest absolute Gasteiger partial charge is 0.478 e. The minimum absolute atomic E-state index is 0.0212. The van der Waals surface area contributed by atoms with Crippen molar-refractivity contribution in [2.75, 3.05) is 0 Å². The molecular weight excluding hydrogens is 450 g/mol. The van der Waals surface area contributed by atoms with E-state index >= 15 is 0 Å². The van der Waals surface area contributed by atoms with E-state index in [9.17, 15) is 23.5 Å². The summed E-state index contributed by atoms with van der Waals surface area (Å²) in [6.07, 6.45) is 0. The molecule has 1 amide bonds. The van der Waals surface area contributed by atoms with Gasteiger partial charge in [0, 0.05) is 16.5 Å². The maximum atomic E-state index is 14.7. The quantitative estimate of drug-likeness (QED) is 0.377. The van der Waals surface area contributed by atoms with Crippen molar-refractivity contribution < 1.29 is 23.5 Å². The number of aromatic carboxylic acids is 1. The number of nitrogens with one attached hydrogen (secondary N) is 1. The number of para-hydroxylation sites is 1. The molecule has 3 aromatic carbocycles. The lowest BCUT2D eigenvalue weighted by Crippen LogP contribution is -2.28. The molecule has 33 heavy (non-hydrogen) atoms. The van der Waals surface area contributed by atoms with Crippen LogP contribution in [0, 0.1) is 11.6 Å². The molecule has 0 saturated heterocycles. The minimum Gasteiger partial charge on any atom is -0.478 e. The highest BCUT2D eigenvalue weighted by molar-refractivity contribution is 6.35. The Kier molecular flexibility index (Phi) is 6.07. The van der Waals surface area contributed by atoms with E-state index in [4.69, 9.17) is 11.6 Å². The third kappa shape index (κ3) is 4.27. The fourth-order valence-corrected chi connectivity index (χ4v) is 3.86. The monoisotopic (exact) mass is 466 g/mol. The molecule has 0 radical (unpaired) electrons. The molecule has 0 saturated carbocycles. The fraction of sp³-hybridized carbons (Fsp3) is 0.0800. The second-order valence-corrected chi connectivity index (χ2v) is 7.79. The third-order valence-corrected chi connectivity index (χ3v) is 5.55. The molecule has 4 aromatic rings. The third-order valence-electron chi connectivity index (χ3n) is 5.25. The molecule has 1 atom stereocenters. The predicted octanol–water partition coefficient (Wildman–Crippen LogP) is 6.02. The second-order valence-electron chi connectivity index (χ2n) is 7.39. The van der Waals surface area contributed by atoms with Crippen LogP contribution in [0.5, 0.6) is 0 Å². The van der Waals surface area contributed by atoms with Crippen LogP contribution in [0.1, 0.15) is 39.2 Å². The first kappa shape index (κ1) is 22.4. The number of benzene rings is 3. The maximum Gasteiger partial charge on any atom is 0.336 e. The lowest BCUT2D eigenvalue weighted by molar-refractivity contribution is 0.0690. The van der Waals surface area contributed by atoms with Gasteiger partial charge in [0.25, 0.3) is 5.91 Å². The van der Waals surface area contributed by atoms with Crippen LogP contribution in [0.15, 0.2) is 66.7 Å². The Morgan fingerprint density at radius 3 is 2.42 bits per heavy atom. The van der Waals surface area contributed by atoms with Crippen LogP contribution in [0.25, 0.3) is 22.2 Å². The highest BCUT2D eigenvalue weighted by Crippen LogP contribution is 2.34. The van der Waals surface area contributed by atoms with Crippen LogP contribution in [0.3, 0.4) is 0 Å². The highest BCUT2D eigenvalue weighted by atomic mass is 35.5. The number of amides is 1. The minimum atomic E-state index is -1.24. The summed E-state index contributed by atoms with van der Waals surface area (Å²) in [6, 6.07) is 15.6. The van der Waals surface area contributed by atoms with Crippen LogP contribution in [0.4, 0.5) is 8.78 Å². The van der Waals surface area contributed by atoms with Gasteiger partial charge in [-0.3, -0.25) is 4.79 Å². The predicted molar refractivity (Wildman–Crippen MR) is 121 cm³/mol. The average Bonchev–Trinajstić information content (AvgIpc) is 2.80. The summed E-state index contributed by atoms with van der Waals surface area (Å²) in [6.45, 7) is 1.65. The molecule has 5 nitrogen and oxygen atoms in total. The summed E-state index contributed by atoms with van der Waals surface area (Å²) in [5, 5.41) is 13.1. The number of carboxylic acid groups (broad SMARTS) is 1. The molecule has 0 aliphatic rings. The number of carbonyl (C=O) groups excluding carboxylic acids is 1. The molecule has 0 aliphatic carbocycles. The Balaban J connectivity index is 1.83. The van der Waals surface area contributed by atoms with Crippen LogP contribution >= 0.6 is 11.6 Å². The van der Waals surface area contributed by atoms with Gasteiger partial charge < -0.3 is 10.4 Å². The molecule has 4 rings (SSSR count). The van der Waals surface area contributed by atoms with Gasteiger partial charge in [-0.15, -0.1) is 0 Å². The fourth-order valence-electron chi connectivity index (χ4n) is 3.63. The van der Waals surface area contributed by atoms with E-state index in [-0.39, 0.29) is 22.4 Å². The maximum absolute atomic E-state index is 14.7.